The first-order valence-electron chi connectivity index (χ1n) is 9.75. The molecule has 21 heavy (non-hydrogen) atoms. The van der Waals surface area contributed by atoms with Crippen LogP contribution in [0.5, 0.6) is 0 Å². The van der Waals surface area contributed by atoms with Crippen LogP contribution in [0.3, 0.4) is 0 Å². The molecule has 2 nitrogen and oxygen atoms in total. The van der Waals surface area contributed by atoms with Crippen LogP contribution in [0.25, 0.3) is 0 Å². The van der Waals surface area contributed by atoms with Crippen molar-refractivity contribution < 1.29 is 0 Å². The fraction of sp³-hybridized carbons (Fsp3) is 1.00. The summed E-state index contributed by atoms with van der Waals surface area (Å²) in [4.78, 5) is 2.84. The summed E-state index contributed by atoms with van der Waals surface area (Å²) < 4.78 is 0. The highest BCUT2D eigenvalue weighted by molar-refractivity contribution is 4.91. The molecule has 0 spiro atoms. The minimum absolute atomic E-state index is 0.783. The van der Waals surface area contributed by atoms with Crippen LogP contribution < -0.4 is 5.32 Å². The molecule has 1 N–H and O–H groups in total. The molecule has 0 radical (unpaired) electrons. The Bertz CT molecular complexity index is 275. The van der Waals surface area contributed by atoms with Gasteiger partial charge in [0.05, 0.1) is 0 Å². The average Bonchev–Trinajstić information content (AvgIpc) is 3.31. The molecule has 0 heterocycles. The number of unbranched alkanes of at least 4 members (excludes halogenated alkanes) is 1. The maximum atomic E-state index is 3.79. The molecular weight excluding hydrogens is 256 g/mol. The number of nitrogens with one attached hydrogen (secondary N) is 1. The van der Waals surface area contributed by atoms with E-state index in [1.165, 1.54) is 70.9 Å². The third-order valence-electron chi connectivity index (χ3n) is 5.59. The van der Waals surface area contributed by atoms with Gasteiger partial charge in [0.25, 0.3) is 0 Å². The molecule has 2 heteroatoms. The van der Waals surface area contributed by atoms with Gasteiger partial charge in [-0.1, -0.05) is 40.0 Å². The Kier molecular flexibility index (Phi) is 7.53. The Hall–Kier alpha value is -0.0800. The third-order valence-corrected chi connectivity index (χ3v) is 5.59. The summed E-state index contributed by atoms with van der Waals surface area (Å²) in [6.07, 6.45) is 12.8. The summed E-state index contributed by atoms with van der Waals surface area (Å²) in [5, 5.41) is 3.79. The Labute approximate surface area is 133 Å². The zero-order chi connectivity index (χ0) is 15.1. The molecule has 2 aliphatic rings. The lowest BCUT2D eigenvalue weighted by molar-refractivity contribution is 0.130. The summed E-state index contributed by atoms with van der Waals surface area (Å²) in [7, 11) is 0. The summed E-state index contributed by atoms with van der Waals surface area (Å²) in [6, 6.07) is 1.72. The van der Waals surface area contributed by atoms with Gasteiger partial charge < -0.3 is 10.2 Å². The maximum Gasteiger partial charge on any atom is 0.0108 e. The van der Waals surface area contributed by atoms with Crippen molar-refractivity contribution in [1.29, 1.82) is 0 Å². The van der Waals surface area contributed by atoms with E-state index in [0.717, 1.165) is 30.5 Å². The van der Waals surface area contributed by atoms with Crippen molar-refractivity contribution in [2.75, 3.05) is 19.6 Å². The summed E-state index contributed by atoms with van der Waals surface area (Å²) in [6.45, 7) is 10.8. The minimum Gasteiger partial charge on any atom is -0.314 e. The van der Waals surface area contributed by atoms with Crippen LogP contribution in [0.2, 0.25) is 0 Å². The monoisotopic (exact) mass is 294 g/mol. The van der Waals surface area contributed by atoms with Crippen LogP contribution in [0.4, 0.5) is 0 Å². The van der Waals surface area contributed by atoms with E-state index in [4.69, 9.17) is 0 Å². The number of rotatable bonds is 10. The smallest absolute Gasteiger partial charge is 0.0108 e. The molecule has 0 aromatic heterocycles. The normalized spacial score (nSPS) is 30.0. The molecule has 3 atom stereocenters. The largest absolute Gasteiger partial charge is 0.314 e. The number of hydrogen-bond acceptors (Lipinski definition) is 2. The van der Waals surface area contributed by atoms with Crippen LogP contribution in [-0.2, 0) is 0 Å². The van der Waals surface area contributed by atoms with Gasteiger partial charge in [-0.15, -0.1) is 0 Å². The maximum absolute atomic E-state index is 3.79. The van der Waals surface area contributed by atoms with Crippen molar-refractivity contribution in [3.63, 3.8) is 0 Å². The van der Waals surface area contributed by atoms with Crippen LogP contribution >= 0.6 is 0 Å². The van der Waals surface area contributed by atoms with Crippen molar-refractivity contribution in [2.45, 2.75) is 90.6 Å². The van der Waals surface area contributed by atoms with Gasteiger partial charge in [0.1, 0.15) is 0 Å². The topological polar surface area (TPSA) is 15.3 Å². The van der Waals surface area contributed by atoms with Gasteiger partial charge in [-0.05, 0) is 63.5 Å². The lowest BCUT2D eigenvalue weighted by Gasteiger charge is -2.39. The van der Waals surface area contributed by atoms with Gasteiger partial charge in [0.15, 0.2) is 0 Å². The first-order valence-corrected chi connectivity index (χ1v) is 9.75. The second-order valence-corrected chi connectivity index (χ2v) is 7.47. The first kappa shape index (κ1) is 17.3. The number of nitrogens with zero attached hydrogens (tertiary/aromatic N) is 1. The van der Waals surface area contributed by atoms with Crippen molar-refractivity contribution in [2.24, 2.45) is 11.8 Å². The molecule has 2 rings (SSSR count). The van der Waals surface area contributed by atoms with E-state index in [2.05, 4.69) is 31.0 Å². The molecule has 0 saturated heterocycles. The average molecular weight is 295 g/mol. The standard InChI is InChI=1S/C19H38N2/c1-4-7-13-21(18-10-11-18)15-17-14-16(8-5-2)9-12-19(17)20-6-3/h16-20H,4-15H2,1-3H3. The van der Waals surface area contributed by atoms with Crippen LogP contribution in [0.15, 0.2) is 0 Å². The molecule has 0 aromatic carbocycles. The third kappa shape index (κ3) is 5.56. The van der Waals surface area contributed by atoms with Gasteiger partial charge in [0.2, 0.25) is 0 Å². The molecule has 2 saturated carbocycles. The molecule has 2 fully saturated rings. The lowest BCUT2D eigenvalue weighted by Crippen LogP contribution is -2.46. The SMILES string of the molecule is CCCCN(CC1CC(CCC)CCC1NCC)C1CC1. The molecule has 0 aromatic rings. The number of hydrogen-bond donors (Lipinski definition) is 1. The Morgan fingerprint density at radius 1 is 1.00 bits per heavy atom. The van der Waals surface area contributed by atoms with Gasteiger partial charge in [0, 0.05) is 18.6 Å². The van der Waals surface area contributed by atoms with Gasteiger partial charge in [-0.2, -0.15) is 0 Å². The molecule has 124 valence electrons. The predicted molar refractivity (Wildman–Crippen MR) is 92.7 cm³/mol. The second-order valence-electron chi connectivity index (χ2n) is 7.47. The van der Waals surface area contributed by atoms with Crippen LogP contribution in [0.1, 0.15) is 78.6 Å². The van der Waals surface area contributed by atoms with E-state index >= 15 is 0 Å². The fourth-order valence-electron chi connectivity index (χ4n) is 4.29. The molecular formula is C19H38N2. The highest BCUT2D eigenvalue weighted by Gasteiger charge is 2.35. The predicted octanol–water partition coefficient (Wildman–Crippen LogP) is 4.45. The van der Waals surface area contributed by atoms with Crippen LogP contribution in [0, 0.1) is 11.8 Å². The highest BCUT2D eigenvalue weighted by Crippen LogP contribution is 2.35. The lowest BCUT2D eigenvalue weighted by atomic mass is 9.76. The Morgan fingerprint density at radius 2 is 1.81 bits per heavy atom. The quantitative estimate of drug-likeness (QED) is 0.640. The van der Waals surface area contributed by atoms with Gasteiger partial charge in [-0.3, -0.25) is 0 Å². The minimum atomic E-state index is 0.783. The molecule has 0 amide bonds. The van der Waals surface area contributed by atoms with Gasteiger partial charge >= 0.3 is 0 Å². The van der Waals surface area contributed by atoms with Gasteiger partial charge in [-0.25, -0.2) is 0 Å². The van der Waals surface area contributed by atoms with E-state index in [1.54, 1.807) is 0 Å². The van der Waals surface area contributed by atoms with E-state index < -0.39 is 0 Å². The molecule has 0 bridgehead atoms. The Morgan fingerprint density at radius 3 is 2.43 bits per heavy atom. The Balaban J connectivity index is 1.90. The van der Waals surface area contributed by atoms with E-state index in [9.17, 15) is 0 Å². The second kappa shape index (κ2) is 9.15. The van der Waals surface area contributed by atoms with Crippen molar-refractivity contribution in [3.8, 4) is 0 Å². The zero-order valence-corrected chi connectivity index (χ0v) is 14.7. The first-order chi connectivity index (χ1) is 10.3. The zero-order valence-electron chi connectivity index (χ0n) is 14.7. The molecule has 0 aliphatic heterocycles. The summed E-state index contributed by atoms with van der Waals surface area (Å²) >= 11 is 0. The van der Waals surface area contributed by atoms with Crippen molar-refractivity contribution in [1.82, 2.24) is 10.2 Å². The van der Waals surface area contributed by atoms with E-state index in [-0.39, 0.29) is 0 Å². The van der Waals surface area contributed by atoms with E-state index in [0.29, 0.717) is 0 Å². The molecule has 3 unspecified atom stereocenters. The molecule has 2 aliphatic carbocycles. The summed E-state index contributed by atoms with van der Waals surface area (Å²) in [5.41, 5.74) is 0. The fourth-order valence-corrected chi connectivity index (χ4v) is 4.29. The van der Waals surface area contributed by atoms with Crippen LogP contribution in [-0.4, -0.2) is 36.6 Å². The van der Waals surface area contributed by atoms with E-state index in [1.807, 2.05) is 0 Å². The van der Waals surface area contributed by atoms with Crippen molar-refractivity contribution in [3.05, 3.63) is 0 Å². The summed E-state index contributed by atoms with van der Waals surface area (Å²) in [5.74, 6) is 1.90. The highest BCUT2D eigenvalue weighted by atomic mass is 15.2. The van der Waals surface area contributed by atoms with Crippen molar-refractivity contribution >= 4 is 0 Å².